The van der Waals surface area contributed by atoms with Crippen molar-refractivity contribution >= 4 is 47.8 Å². The molecule has 2 aromatic rings. The summed E-state index contributed by atoms with van der Waals surface area (Å²) in [5.41, 5.74) is -11.4. The van der Waals surface area contributed by atoms with Gasteiger partial charge in [0.15, 0.2) is 30.0 Å². The van der Waals surface area contributed by atoms with Crippen molar-refractivity contribution in [3.8, 4) is 0 Å². The van der Waals surface area contributed by atoms with Crippen molar-refractivity contribution in [1.82, 2.24) is 9.55 Å². The molecule has 0 aromatic carbocycles. The molecule has 68 heavy (non-hydrogen) atoms. The molecule has 3 fully saturated rings. The van der Waals surface area contributed by atoms with Crippen LogP contribution in [-0.4, -0.2) is 129 Å². The summed E-state index contributed by atoms with van der Waals surface area (Å²) in [5, 5.41) is 13.9. The fourth-order valence-electron chi connectivity index (χ4n) is 10.1. The summed E-state index contributed by atoms with van der Waals surface area (Å²) in [6.07, 6.45) is -10.2. The van der Waals surface area contributed by atoms with E-state index >= 15 is 0 Å². The molecule has 6 rings (SSSR count). The SMILES string of the molecule is CC(=O)OC[C@]12[C@H](OC(=O)C(C)C)[C@H](OC(C)=O)[C@@H]3[C@@H](OC(C)=O)[C@@]14O[C@@]3(C)COC(=O)c1cccnc1C(C)C(C)C(=O)O[C@@H]([C@H](OC(=O)c1ccc(=O)n(C)c1)[C@@H]2OC(=O)C(C)C)[C@]4(C)O. The second-order valence-corrected chi connectivity index (χ2v) is 19.0. The maximum Gasteiger partial charge on any atom is 0.340 e. The van der Waals surface area contributed by atoms with E-state index in [1.165, 1.54) is 66.9 Å². The molecule has 4 aliphatic rings. The minimum absolute atomic E-state index is 0.0719. The van der Waals surface area contributed by atoms with Crippen molar-refractivity contribution in [3.05, 3.63) is 63.8 Å². The standard InChI is InChI=1S/C47H58N2O19/c1-21(2)39(54)66-37-33(62-26(8)51)31-35(63-27(9)52)47-45(11,59)36(65-41(56)24(6)23(5)32-29(14-13-17-48-32)43(58)61-19-44(31,10)68-47)34(64-42(57)28-15-16-30(53)49(12)18-28)38(67-40(55)22(3)4)46(37,47)20-60-25(7)50/h13-18,21-24,31,33-38,59H,19-20H2,1-12H3/t23?,24?,31-,33-,34+,35-,36+,37-,38+,44+,45+,46-,47+/m1/s1. The van der Waals surface area contributed by atoms with E-state index in [2.05, 4.69) is 4.98 Å². The van der Waals surface area contributed by atoms with Crippen LogP contribution in [0.4, 0.5) is 0 Å². The lowest BCUT2D eigenvalue weighted by atomic mass is 9.45. The largest absolute Gasteiger partial charge is 0.465 e. The number of aliphatic hydroxyl groups is 1. The first-order valence-electron chi connectivity index (χ1n) is 22.2. The molecule has 2 aromatic heterocycles. The first-order chi connectivity index (χ1) is 31.7. The second kappa shape index (κ2) is 18.7. The minimum Gasteiger partial charge on any atom is -0.465 e. The monoisotopic (exact) mass is 954 g/mol. The van der Waals surface area contributed by atoms with Crippen LogP contribution in [0.1, 0.15) is 108 Å². The minimum atomic E-state index is -2.95. The van der Waals surface area contributed by atoms with Crippen LogP contribution in [0, 0.1) is 29.1 Å². The van der Waals surface area contributed by atoms with Crippen LogP contribution in [0.2, 0.25) is 0 Å². The van der Waals surface area contributed by atoms with Gasteiger partial charge in [0.1, 0.15) is 42.0 Å². The summed E-state index contributed by atoms with van der Waals surface area (Å²) in [6.45, 7) is 12.4. The third-order valence-corrected chi connectivity index (χ3v) is 13.5. The lowest BCUT2D eigenvalue weighted by molar-refractivity contribution is -0.386. The van der Waals surface area contributed by atoms with Crippen LogP contribution >= 0.6 is 0 Å². The highest BCUT2D eigenvalue weighted by Crippen LogP contribution is 2.70. The van der Waals surface area contributed by atoms with Crippen LogP contribution in [0.5, 0.6) is 0 Å². The summed E-state index contributed by atoms with van der Waals surface area (Å²) in [7, 11) is 1.35. The van der Waals surface area contributed by atoms with Crippen molar-refractivity contribution in [2.45, 2.75) is 136 Å². The number of aryl methyl sites for hydroxylation is 1. The average molecular weight is 955 g/mol. The van der Waals surface area contributed by atoms with Gasteiger partial charge >= 0.3 is 47.8 Å². The van der Waals surface area contributed by atoms with Gasteiger partial charge in [0.05, 0.1) is 40.5 Å². The summed E-state index contributed by atoms with van der Waals surface area (Å²) in [5.74, 6) is -14.1. The quantitative estimate of drug-likeness (QED) is 0.264. The molecule has 1 saturated heterocycles. The number of fused-ring (bicyclic) bond motifs is 5. The highest BCUT2D eigenvalue weighted by Gasteiger charge is 2.92. The Labute approximate surface area is 391 Å². The number of esters is 8. The number of hydrogen-bond donors (Lipinski definition) is 1. The van der Waals surface area contributed by atoms with E-state index < -0.39 is 155 Å². The summed E-state index contributed by atoms with van der Waals surface area (Å²) in [4.78, 5) is 129. The van der Waals surface area contributed by atoms with E-state index in [1.807, 2.05) is 0 Å². The van der Waals surface area contributed by atoms with Gasteiger partial charge in [-0.25, -0.2) is 9.59 Å². The normalized spacial score (nSPS) is 34.1. The highest BCUT2D eigenvalue weighted by molar-refractivity contribution is 5.91. The molecule has 1 spiro atoms. The van der Waals surface area contributed by atoms with E-state index in [0.29, 0.717) is 0 Å². The topological polar surface area (TPSA) is 275 Å². The van der Waals surface area contributed by atoms with E-state index in [1.54, 1.807) is 6.92 Å². The van der Waals surface area contributed by atoms with Gasteiger partial charge in [0.2, 0.25) is 5.56 Å². The Balaban J connectivity index is 1.84. The first-order valence-corrected chi connectivity index (χ1v) is 22.2. The van der Waals surface area contributed by atoms with Gasteiger partial charge in [-0.3, -0.25) is 38.5 Å². The predicted molar refractivity (Wildman–Crippen MR) is 229 cm³/mol. The maximum atomic E-state index is 14.8. The Morgan fingerprint density at radius 1 is 0.809 bits per heavy atom. The van der Waals surface area contributed by atoms with Gasteiger partial charge in [-0.05, 0) is 32.0 Å². The number of pyridine rings is 2. The molecule has 21 heteroatoms. The van der Waals surface area contributed by atoms with Crippen LogP contribution in [0.25, 0.3) is 0 Å². The zero-order valence-corrected chi connectivity index (χ0v) is 39.9. The third-order valence-electron chi connectivity index (χ3n) is 13.5. The molecule has 1 N–H and O–H groups in total. The molecule has 0 amide bonds. The third kappa shape index (κ3) is 8.51. The number of aromatic nitrogens is 2. The Morgan fingerprint density at radius 2 is 1.41 bits per heavy atom. The lowest BCUT2D eigenvalue weighted by Gasteiger charge is -2.67. The van der Waals surface area contributed by atoms with Gasteiger partial charge in [-0.2, -0.15) is 0 Å². The van der Waals surface area contributed by atoms with Crippen molar-refractivity contribution in [2.24, 2.45) is 36.1 Å². The molecule has 4 heterocycles. The predicted octanol–water partition coefficient (Wildman–Crippen LogP) is 2.30. The fraction of sp³-hybridized carbons (Fsp3) is 0.617. The Morgan fingerprint density at radius 3 is 1.97 bits per heavy atom. The summed E-state index contributed by atoms with van der Waals surface area (Å²) in [6, 6.07) is 5.07. The zero-order chi connectivity index (χ0) is 50.6. The molecule has 2 aliphatic carbocycles. The van der Waals surface area contributed by atoms with Crippen LogP contribution < -0.4 is 5.56 Å². The molecule has 370 valence electrons. The highest BCUT2D eigenvalue weighted by atomic mass is 16.7. The number of hydrogen-bond acceptors (Lipinski definition) is 20. The molecular weight excluding hydrogens is 897 g/mol. The number of nitrogens with zero attached hydrogens (tertiary/aromatic N) is 2. The van der Waals surface area contributed by atoms with Gasteiger partial charge in [-0.1, -0.05) is 41.5 Å². The molecule has 2 aliphatic heterocycles. The number of carbonyl (C=O) groups excluding carboxylic acids is 8. The van der Waals surface area contributed by atoms with Crippen LogP contribution in [0.15, 0.2) is 41.5 Å². The molecule has 0 radical (unpaired) electrons. The van der Waals surface area contributed by atoms with E-state index in [-0.39, 0.29) is 16.8 Å². The number of cyclic esters (lactones) is 1. The molecule has 2 saturated carbocycles. The van der Waals surface area contributed by atoms with Crippen molar-refractivity contribution in [3.63, 3.8) is 0 Å². The smallest absolute Gasteiger partial charge is 0.340 e. The van der Waals surface area contributed by atoms with Gasteiger partial charge < -0.3 is 52.3 Å². The molecule has 13 atom stereocenters. The fourth-order valence-corrected chi connectivity index (χ4v) is 10.1. The zero-order valence-electron chi connectivity index (χ0n) is 39.9. The molecule has 21 nitrogen and oxygen atoms in total. The Bertz CT molecular complexity index is 2450. The van der Waals surface area contributed by atoms with Crippen molar-refractivity contribution in [1.29, 1.82) is 0 Å². The van der Waals surface area contributed by atoms with Crippen molar-refractivity contribution < 1.29 is 86.1 Å². The van der Waals surface area contributed by atoms with Crippen molar-refractivity contribution in [2.75, 3.05) is 13.2 Å². The maximum absolute atomic E-state index is 14.8. The molecular formula is C47H58N2O19. The van der Waals surface area contributed by atoms with Crippen LogP contribution in [-0.2, 0) is 78.4 Å². The van der Waals surface area contributed by atoms with Gasteiger partial charge in [0.25, 0.3) is 0 Å². The number of rotatable bonds is 10. The lowest BCUT2D eigenvalue weighted by Crippen LogP contribution is -2.89. The Kier molecular flexibility index (Phi) is 14.1. The number of carbonyl (C=O) groups is 8. The molecule has 2 unspecified atom stereocenters. The van der Waals surface area contributed by atoms with Crippen LogP contribution in [0.3, 0.4) is 0 Å². The first kappa shape index (κ1) is 51.2. The van der Waals surface area contributed by atoms with E-state index in [0.717, 1.165) is 50.6 Å². The second-order valence-electron chi connectivity index (χ2n) is 19.0. The Hall–Kier alpha value is -6.22. The van der Waals surface area contributed by atoms with E-state index in [4.69, 9.17) is 42.6 Å². The van der Waals surface area contributed by atoms with E-state index in [9.17, 15) is 48.3 Å². The molecule has 4 bridgehead atoms. The summed E-state index contributed by atoms with van der Waals surface area (Å²) >= 11 is 0. The number of ether oxygens (including phenoxy) is 9. The average Bonchev–Trinajstić information content (AvgIpc) is 3.48. The summed E-state index contributed by atoms with van der Waals surface area (Å²) < 4.78 is 57.8. The van der Waals surface area contributed by atoms with Gasteiger partial charge in [0, 0.05) is 52.2 Å². The van der Waals surface area contributed by atoms with Gasteiger partial charge in [-0.15, -0.1) is 0 Å².